The minimum Gasteiger partial charge on any atom is -0.352 e. The van der Waals surface area contributed by atoms with Crippen LogP contribution in [0.2, 0.25) is 0 Å². The first-order valence-corrected chi connectivity index (χ1v) is 15.6. The smallest absolute Gasteiger partial charge is 0.271 e. The zero-order valence-corrected chi connectivity index (χ0v) is 25.5. The van der Waals surface area contributed by atoms with Crippen LogP contribution in [0.4, 0.5) is 11.4 Å². The molecule has 2 atom stereocenters. The van der Waals surface area contributed by atoms with Crippen LogP contribution in [0.1, 0.15) is 31.4 Å². The average molecular weight is 646 g/mol. The minimum absolute atomic E-state index is 0.0240. The van der Waals surface area contributed by atoms with E-state index in [4.69, 9.17) is 0 Å². The number of nitrogens with one attached hydrogen (secondary N) is 1. The lowest BCUT2D eigenvalue weighted by Gasteiger charge is -2.34. The Morgan fingerprint density at radius 3 is 2.27 bits per heavy atom. The molecule has 0 saturated heterocycles. The van der Waals surface area contributed by atoms with Crippen LogP contribution in [0.3, 0.4) is 0 Å². The number of nitro benzene ring substituents is 1. The fourth-order valence-corrected chi connectivity index (χ4v) is 5.49. The molecule has 218 valence electrons. The molecule has 0 aliphatic carbocycles. The van der Waals surface area contributed by atoms with Crippen LogP contribution in [0.15, 0.2) is 83.3 Å². The van der Waals surface area contributed by atoms with E-state index in [9.17, 15) is 28.1 Å². The summed E-state index contributed by atoms with van der Waals surface area (Å²) >= 11 is 3.44. The number of sulfonamides is 1. The molecule has 1 N–H and O–H groups in total. The molecule has 0 aliphatic rings. The Morgan fingerprint density at radius 2 is 1.66 bits per heavy atom. The van der Waals surface area contributed by atoms with E-state index in [0.29, 0.717) is 6.42 Å². The van der Waals surface area contributed by atoms with E-state index in [0.717, 1.165) is 32.2 Å². The molecule has 0 spiro atoms. The zero-order valence-electron chi connectivity index (χ0n) is 23.1. The van der Waals surface area contributed by atoms with Gasteiger partial charge < -0.3 is 10.2 Å². The topological polar surface area (TPSA) is 130 Å². The Kier molecular flexibility index (Phi) is 11.0. The summed E-state index contributed by atoms with van der Waals surface area (Å²) in [5.74, 6) is -1.00. The van der Waals surface area contributed by atoms with Gasteiger partial charge in [0.1, 0.15) is 12.6 Å². The van der Waals surface area contributed by atoms with Gasteiger partial charge in [0.15, 0.2) is 0 Å². The number of halogens is 1. The summed E-state index contributed by atoms with van der Waals surface area (Å²) in [6.07, 6.45) is 1.80. The van der Waals surface area contributed by atoms with Crippen molar-refractivity contribution in [3.63, 3.8) is 0 Å². The largest absolute Gasteiger partial charge is 0.352 e. The molecule has 0 saturated carbocycles. The average Bonchev–Trinajstić information content (AvgIpc) is 2.93. The fourth-order valence-electron chi connectivity index (χ4n) is 4.20. The van der Waals surface area contributed by atoms with Gasteiger partial charge in [-0.3, -0.25) is 24.0 Å². The first-order valence-electron chi connectivity index (χ1n) is 13.0. The number of anilines is 1. The van der Waals surface area contributed by atoms with Crippen molar-refractivity contribution >= 4 is 49.1 Å². The Hall–Kier alpha value is -3.77. The van der Waals surface area contributed by atoms with E-state index in [2.05, 4.69) is 21.2 Å². The van der Waals surface area contributed by atoms with Gasteiger partial charge in [0.25, 0.3) is 5.69 Å². The molecule has 3 aromatic carbocycles. The van der Waals surface area contributed by atoms with Gasteiger partial charge in [-0.05, 0) is 42.7 Å². The summed E-state index contributed by atoms with van der Waals surface area (Å²) in [5.41, 5.74) is 1.21. The molecule has 3 rings (SSSR count). The second-order valence-electron chi connectivity index (χ2n) is 9.72. The highest BCUT2D eigenvalue weighted by Gasteiger charge is 2.33. The number of non-ortho nitro benzene ring substituents is 1. The number of benzene rings is 3. The maximum atomic E-state index is 14.1. The Balaban J connectivity index is 2.08. The monoisotopic (exact) mass is 644 g/mol. The summed E-state index contributed by atoms with van der Waals surface area (Å²) < 4.78 is 27.3. The summed E-state index contributed by atoms with van der Waals surface area (Å²) in [5, 5.41) is 14.3. The van der Waals surface area contributed by atoms with Crippen LogP contribution in [0.5, 0.6) is 0 Å². The Morgan fingerprint density at radius 1 is 1.00 bits per heavy atom. The second kappa shape index (κ2) is 14.2. The number of hydrogen-bond donors (Lipinski definition) is 1. The number of amides is 2. The molecule has 0 unspecified atom stereocenters. The van der Waals surface area contributed by atoms with Gasteiger partial charge in [-0.2, -0.15) is 0 Å². The number of carbonyl (C=O) groups is 2. The molecule has 0 bridgehead atoms. The van der Waals surface area contributed by atoms with Crippen LogP contribution in [0, 0.1) is 10.1 Å². The van der Waals surface area contributed by atoms with Gasteiger partial charge in [0.2, 0.25) is 21.8 Å². The Bertz CT molecular complexity index is 1490. The predicted molar refractivity (Wildman–Crippen MR) is 162 cm³/mol. The normalized spacial score (nSPS) is 12.7. The summed E-state index contributed by atoms with van der Waals surface area (Å²) in [6.45, 7) is 3.17. The fraction of sp³-hybridized carbons (Fsp3) is 0.310. The number of rotatable bonds is 13. The standard InChI is InChI=1S/C29H33BrN4O6S/c1-4-21(2)31-29(36)27(17-22-10-6-5-7-11-22)32(19-23-12-8-13-24(30)16-23)28(35)20-33(41(3,39)40)25-14-9-15-26(18-25)34(37)38/h5-16,18,21,27H,4,17,19-20H2,1-3H3,(H,31,36)/t21-,27-/m1/s1. The number of carbonyl (C=O) groups excluding carboxylic acids is 2. The lowest BCUT2D eigenvalue weighted by molar-refractivity contribution is -0.384. The van der Waals surface area contributed by atoms with Crippen molar-refractivity contribution in [2.75, 3.05) is 17.1 Å². The number of nitro groups is 1. The van der Waals surface area contributed by atoms with Crippen LogP contribution in [0.25, 0.3) is 0 Å². The lowest BCUT2D eigenvalue weighted by Crippen LogP contribution is -2.54. The molecule has 0 aliphatic heterocycles. The van der Waals surface area contributed by atoms with Crippen molar-refractivity contribution in [2.45, 2.75) is 45.3 Å². The molecule has 3 aromatic rings. The maximum absolute atomic E-state index is 14.1. The second-order valence-corrected chi connectivity index (χ2v) is 12.5. The molecule has 41 heavy (non-hydrogen) atoms. The van der Waals surface area contributed by atoms with Crippen molar-refractivity contribution in [3.05, 3.63) is 105 Å². The predicted octanol–water partition coefficient (Wildman–Crippen LogP) is 4.68. The molecule has 2 amide bonds. The van der Waals surface area contributed by atoms with Gasteiger partial charge in [0.05, 0.1) is 16.9 Å². The van der Waals surface area contributed by atoms with Crippen LogP contribution >= 0.6 is 15.9 Å². The van der Waals surface area contributed by atoms with E-state index in [1.165, 1.54) is 23.1 Å². The van der Waals surface area contributed by atoms with E-state index >= 15 is 0 Å². The van der Waals surface area contributed by atoms with Gasteiger partial charge in [-0.1, -0.05) is 71.4 Å². The van der Waals surface area contributed by atoms with Crippen molar-refractivity contribution in [1.82, 2.24) is 10.2 Å². The molecule has 0 fully saturated rings. The van der Waals surface area contributed by atoms with E-state index in [-0.39, 0.29) is 36.3 Å². The van der Waals surface area contributed by atoms with Crippen LogP contribution in [-0.2, 0) is 32.6 Å². The molecule has 0 heterocycles. The van der Waals surface area contributed by atoms with Crippen molar-refractivity contribution < 1.29 is 22.9 Å². The third kappa shape index (κ3) is 9.12. The summed E-state index contributed by atoms with van der Waals surface area (Å²) in [4.78, 5) is 39.8. The SMILES string of the molecule is CC[C@@H](C)NC(=O)[C@@H](Cc1ccccc1)N(Cc1cccc(Br)c1)C(=O)CN(c1cccc([N+](=O)[O-])c1)S(C)(=O)=O. The van der Waals surface area contributed by atoms with Gasteiger partial charge in [-0.25, -0.2) is 8.42 Å². The summed E-state index contributed by atoms with van der Waals surface area (Å²) in [7, 11) is -4.04. The number of nitrogens with zero attached hydrogens (tertiary/aromatic N) is 3. The van der Waals surface area contributed by atoms with E-state index in [1.54, 1.807) is 6.07 Å². The van der Waals surface area contributed by atoms with Gasteiger partial charge >= 0.3 is 0 Å². The summed E-state index contributed by atoms with van der Waals surface area (Å²) in [6, 6.07) is 20.5. The zero-order chi connectivity index (χ0) is 30.2. The highest BCUT2D eigenvalue weighted by molar-refractivity contribution is 9.10. The van der Waals surface area contributed by atoms with Crippen molar-refractivity contribution in [1.29, 1.82) is 0 Å². The lowest BCUT2D eigenvalue weighted by atomic mass is 10.0. The molecular weight excluding hydrogens is 612 g/mol. The quantitative estimate of drug-likeness (QED) is 0.212. The minimum atomic E-state index is -4.04. The first kappa shape index (κ1) is 31.8. The number of hydrogen-bond acceptors (Lipinski definition) is 6. The van der Waals surface area contributed by atoms with Gasteiger partial charge in [0, 0.05) is 35.6 Å². The highest BCUT2D eigenvalue weighted by Crippen LogP contribution is 2.24. The van der Waals surface area contributed by atoms with E-state index in [1.807, 2.05) is 62.4 Å². The van der Waals surface area contributed by atoms with Crippen molar-refractivity contribution in [2.24, 2.45) is 0 Å². The van der Waals surface area contributed by atoms with Crippen LogP contribution in [-0.4, -0.2) is 54.9 Å². The molecule has 10 nitrogen and oxygen atoms in total. The molecule has 12 heteroatoms. The van der Waals surface area contributed by atoms with Gasteiger partial charge in [-0.15, -0.1) is 0 Å². The Labute approximate surface area is 248 Å². The maximum Gasteiger partial charge on any atom is 0.271 e. The highest BCUT2D eigenvalue weighted by atomic mass is 79.9. The molecular formula is C29H33BrN4O6S. The molecule has 0 radical (unpaired) electrons. The first-order chi connectivity index (χ1) is 19.4. The van der Waals surface area contributed by atoms with E-state index < -0.39 is 33.4 Å². The third-order valence-electron chi connectivity index (χ3n) is 6.52. The third-order valence-corrected chi connectivity index (χ3v) is 8.16. The molecule has 0 aromatic heterocycles. The van der Waals surface area contributed by atoms with Crippen LogP contribution < -0.4 is 9.62 Å². The van der Waals surface area contributed by atoms with Crippen molar-refractivity contribution in [3.8, 4) is 0 Å².